The van der Waals surface area contributed by atoms with Gasteiger partial charge in [0, 0.05) is 6.07 Å². The normalized spacial score (nSPS) is 12.5. The molecule has 1 unspecified atom stereocenters. The molecule has 0 fully saturated rings. The summed E-state index contributed by atoms with van der Waals surface area (Å²) in [6.07, 6.45) is -0.797. The van der Waals surface area contributed by atoms with Crippen LogP contribution in [0.5, 0.6) is 5.75 Å². The number of benzene rings is 1. The molecule has 0 aliphatic carbocycles. The Morgan fingerprint density at radius 1 is 1.53 bits per heavy atom. The Labute approximate surface area is 98.0 Å². The number of rotatable bonds is 5. The molecule has 0 spiro atoms. The molecule has 0 bridgehead atoms. The summed E-state index contributed by atoms with van der Waals surface area (Å²) in [6, 6.07) is 3.46. The maximum atomic E-state index is 13.4. The van der Waals surface area contributed by atoms with Crippen molar-refractivity contribution in [3.63, 3.8) is 0 Å². The minimum atomic E-state index is -0.810. The van der Waals surface area contributed by atoms with Gasteiger partial charge in [0.25, 0.3) is 0 Å². The minimum absolute atomic E-state index is 0.0687. The monoisotopic (exact) mass is 243 g/mol. The lowest BCUT2D eigenvalue weighted by atomic mass is 10.1. The zero-order valence-electron chi connectivity index (χ0n) is 9.59. The summed E-state index contributed by atoms with van der Waals surface area (Å²) in [4.78, 5) is 9.93. The number of nitro groups is 1. The summed E-state index contributed by atoms with van der Waals surface area (Å²) in [5.41, 5.74) is -0.444. The molecule has 0 saturated heterocycles. The van der Waals surface area contributed by atoms with Crippen LogP contribution in [-0.4, -0.2) is 22.7 Å². The van der Waals surface area contributed by atoms with Crippen molar-refractivity contribution in [2.24, 2.45) is 5.92 Å². The molecule has 94 valence electrons. The van der Waals surface area contributed by atoms with Crippen molar-refractivity contribution in [1.82, 2.24) is 0 Å². The van der Waals surface area contributed by atoms with E-state index in [-0.39, 0.29) is 12.5 Å². The van der Waals surface area contributed by atoms with Gasteiger partial charge in [-0.25, -0.2) is 4.39 Å². The van der Waals surface area contributed by atoms with E-state index in [0.29, 0.717) is 0 Å². The lowest BCUT2D eigenvalue weighted by Crippen LogP contribution is -2.23. The fourth-order valence-corrected chi connectivity index (χ4v) is 1.15. The van der Waals surface area contributed by atoms with E-state index in [1.54, 1.807) is 13.8 Å². The van der Waals surface area contributed by atoms with Crippen LogP contribution >= 0.6 is 0 Å². The molecule has 0 aliphatic heterocycles. The summed E-state index contributed by atoms with van der Waals surface area (Å²) >= 11 is 0. The average Bonchev–Trinajstić information content (AvgIpc) is 2.26. The van der Waals surface area contributed by atoms with Crippen LogP contribution in [0.25, 0.3) is 0 Å². The zero-order valence-corrected chi connectivity index (χ0v) is 9.59. The number of ether oxygens (including phenoxy) is 1. The van der Waals surface area contributed by atoms with Gasteiger partial charge in [-0.2, -0.15) is 0 Å². The van der Waals surface area contributed by atoms with Gasteiger partial charge in [-0.1, -0.05) is 19.9 Å². The van der Waals surface area contributed by atoms with E-state index in [1.807, 2.05) is 0 Å². The number of aliphatic hydroxyl groups is 1. The van der Waals surface area contributed by atoms with E-state index < -0.39 is 28.3 Å². The van der Waals surface area contributed by atoms with Crippen molar-refractivity contribution in [3.8, 4) is 5.75 Å². The number of hydrogen-bond donors (Lipinski definition) is 1. The van der Waals surface area contributed by atoms with Crippen LogP contribution in [0.4, 0.5) is 10.1 Å². The molecule has 5 nitrogen and oxygen atoms in total. The van der Waals surface area contributed by atoms with E-state index in [9.17, 15) is 19.6 Å². The third kappa shape index (κ3) is 3.39. The second-order valence-corrected chi connectivity index (χ2v) is 3.97. The standard InChI is InChI=1S/C11H14FNO4/c1-7(2)10(14)6-17-11-8(12)4-3-5-9(11)13(15)16/h3-5,7,10,14H,6H2,1-2H3. The van der Waals surface area contributed by atoms with Crippen LogP contribution in [0.3, 0.4) is 0 Å². The molecule has 0 heterocycles. The molecule has 1 atom stereocenters. The molecule has 0 aliphatic rings. The number of aliphatic hydroxyl groups excluding tert-OH is 1. The smallest absolute Gasteiger partial charge is 0.314 e. The molecule has 0 aromatic heterocycles. The molecule has 6 heteroatoms. The molecular weight excluding hydrogens is 229 g/mol. The average molecular weight is 243 g/mol. The van der Waals surface area contributed by atoms with Crippen LogP contribution in [0, 0.1) is 21.8 Å². The first-order valence-corrected chi connectivity index (χ1v) is 5.17. The summed E-state index contributed by atoms with van der Waals surface area (Å²) in [6.45, 7) is 3.35. The first-order valence-electron chi connectivity index (χ1n) is 5.17. The maximum Gasteiger partial charge on any atom is 0.314 e. The van der Waals surface area contributed by atoms with E-state index in [1.165, 1.54) is 6.07 Å². The Kier molecular flexibility index (Phi) is 4.39. The largest absolute Gasteiger partial charge is 0.482 e. The van der Waals surface area contributed by atoms with Gasteiger partial charge in [0.05, 0.1) is 11.0 Å². The molecule has 1 aromatic carbocycles. The van der Waals surface area contributed by atoms with Gasteiger partial charge < -0.3 is 9.84 Å². The van der Waals surface area contributed by atoms with Gasteiger partial charge in [0.1, 0.15) is 6.61 Å². The summed E-state index contributed by atoms with van der Waals surface area (Å²) in [5.74, 6) is -1.31. The zero-order chi connectivity index (χ0) is 13.0. The summed E-state index contributed by atoms with van der Waals surface area (Å²) in [5, 5.41) is 20.1. The summed E-state index contributed by atoms with van der Waals surface area (Å²) < 4.78 is 18.3. The molecular formula is C11H14FNO4. The van der Waals surface area contributed by atoms with Crippen molar-refractivity contribution in [1.29, 1.82) is 0 Å². The topological polar surface area (TPSA) is 72.6 Å². The van der Waals surface area contributed by atoms with Crippen molar-refractivity contribution >= 4 is 5.69 Å². The molecule has 0 saturated carbocycles. The predicted octanol–water partition coefficient (Wildman–Crippen LogP) is 2.13. The fourth-order valence-electron chi connectivity index (χ4n) is 1.15. The van der Waals surface area contributed by atoms with Crippen molar-refractivity contribution < 1.29 is 19.2 Å². The van der Waals surface area contributed by atoms with Crippen molar-refractivity contribution in [2.75, 3.05) is 6.61 Å². The Bertz CT molecular complexity index is 408. The molecule has 1 aromatic rings. The van der Waals surface area contributed by atoms with Crippen molar-refractivity contribution in [3.05, 3.63) is 34.1 Å². The molecule has 0 amide bonds. The first kappa shape index (κ1) is 13.4. The van der Waals surface area contributed by atoms with Gasteiger partial charge in [0.2, 0.25) is 5.75 Å². The Morgan fingerprint density at radius 3 is 2.71 bits per heavy atom. The fraction of sp³-hybridized carbons (Fsp3) is 0.455. The second kappa shape index (κ2) is 5.58. The molecule has 1 N–H and O–H groups in total. The Balaban J connectivity index is 2.86. The third-order valence-electron chi connectivity index (χ3n) is 2.31. The summed E-state index contributed by atoms with van der Waals surface area (Å²) in [7, 11) is 0. The van der Waals surface area contributed by atoms with Gasteiger partial charge in [-0.15, -0.1) is 0 Å². The number of para-hydroxylation sites is 1. The lowest BCUT2D eigenvalue weighted by Gasteiger charge is -2.15. The van der Waals surface area contributed by atoms with E-state index in [2.05, 4.69) is 0 Å². The van der Waals surface area contributed by atoms with Crippen molar-refractivity contribution in [2.45, 2.75) is 20.0 Å². The third-order valence-corrected chi connectivity index (χ3v) is 2.31. The van der Waals surface area contributed by atoms with Gasteiger partial charge in [-0.3, -0.25) is 10.1 Å². The van der Waals surface area contributed by atoms with Gasteiger partial charge in [-0.05, 0) is 12.0 Å². The lowest BCUT2D eigenvalue weighted by molar-refractivity contribution is -0.386. The van der Waals surface area contributed by atoms with E-state index in [4.69, 9.17) is 4.74 Å². The second-order valence-electron chi connectivity index (χ2n) is 3.97. The first-order chi connectivity index (χ1) is 7.93. The Morgan fingerprint density at radius 2 is 2.18 bits per heavy atom. The van der Waals surface area contributed by atoms with Crippen LogP contribution in [0.1, 0.15) is 13.8 Å². The van der Waals surface area contributed by atoms with E-state index >= 15 is 0 Å². The number of halogens is 1. The minimum Gasteiger partial charge on any atom is -0.482 e. The predicted molar refractivity (Wildman–Crippen MR) is 59.4 cm³/mol. The van der Waals surface area contributed by atoms with Gasteiger partial charge >= 0.3 is 5.69 Å². The number of nitrogens with zero attached hydrogens (tertiary/aromatic N) is 1. The van der Waals surface area contributed by atoms with Crippen LogP contribution in [0.15, 0.2) is 18.2 Å². The van der Waals surface area contributed by atoms with Gasteiger partial charge in [0.15, 0.2) is 5.82 Å². The highest BCUT2D eigenvalue weighted by Crippen LogP contribution is 2.29. The molecule has 0 radical (unpaired) electrons. The van der Waals surface area contributed by atoms with Crippen LogP contribution < -0.4 is 4.74 Å². The maximum absolute atomic E-state index is 13.4. The molecule has 1 rings (SSSR count). The SMILES string of the molecule is CC(C)C(O)COc1c(F)cccc1[N+](=O)[O-]. The van der Waals surface area contributed by atoms with Crippen LogP contribution in [-0.2, 0) is 0 Å². The quantitative estimate of drug-likeness (QED) is 0.635. The highest BCUT2D eigenvalue weighted by Gasteiger charge is 2.21. The number of nitro benzene ring substituents is 1. The molecule has 17 heavy (non-hydrogen) atoms. The highest BCUT2D eigenvalue weighted by molar-refractivity contribution is 5.46. The van der Waals surface area contributed by atoms with Crippen LogP contribution in [0.2, 0.25) is 0 Å². The van der Waals surface area contributed by atoms with E-state index in [0.717, 1.165) is 12.1 Å². The highest BCUT2D eigenvalue weighted by atomic mass is 19.1. The Hall–Kier alpha value is -1.69. The number of hydrogen-bond acceptors (Lipinski definition) is 4.